The molecule has 29 heavy (non-hydrogen) atoms. The lowest BCUT2D eigenvalue weighted by Crippen LogP contribution is -2.41. The van der Waals surface area contributed by atoms with E-state index in [0.29, 0.717) is 32.7 Å². The van der Waals surface area contributed by atoms with Gasteiger partial charge >= 0.3 is 0 Å². The molecule has 2 saturated heterocycles. The maximum absolute atomic E-state index is 12.7. The Labute approximate surface area is 166 Å². The predicted molar refractivity (Wildman–Crippen MR) is 99.3 cm³/mol. The average molecular weight is 401 g/mol. The molecule has 2 atom stereocenters. The van der Waals surface area contributed by atoms with E-state index in [2.05, 4.69) is 15.4 Å². The molecule has 0 saturated carbocycles. The Hall–Kier alpha value is -3.08. The number of aryl methyl sites for hydroxylation is 1. The highest BCUT2D eigenvalue weighted by atomic mass is 16.3. The van der Waals surface area contributed by atoms with E-state index in [1.165, 1.54) is 21.8 Å². The fraction of sp³-hybridized carbons (Fsp3) is 0.556. The van der Waals surface area contributed by atoms with Crippen LogP contribution in [0.5, 0.6) is 0 Å². The number of aliphatic hydroxyl groups is 1. The number of rotatable bonds is 6. The van der Waals surface area contributed by atoms with Gasteiger partial charge in [0.15, 0.2) is 6.33 Å². The minimum absolute atomic E-state index is 0.00268. The normalized spacial score (nSPS) is 23.4. The third kappa shape index (κ3) is 3.77. The number of carbonyl (C=O) groups is 2. The van der Waals surface area contributed by atoms with Gasteiger partial charge < -0.3 is 19.5 Å². The molecule has 0 bridgehead atoms. The van der Waals surface area contributed by atoms with E-state index >= 15 is 0 Å². The van der Waals surface area contributed by atoms with Crippen LogP contribution in [0.2, 0.25) is 0 Å². The topological polar surface area (TPSA) is 126 Å². The van der Waals surface area contributed by atoms with Gasteiger partial charge in [0.05, 0.1) is 6.61 Å². The van der Waals surface area contributed by atoms with Gasteiger partial charge in [-0.3, -0.25) is 14.4 Å². The van der Waals surface area contributed by atoms with E-state index in [-0.39, 0.29) is 42.9 Å². The summed E-state index contributed by atoms with van der Waals surface area (Å²) in [5.74, 6) is -0.164. The van der Waals surface area contributed by atoms with E-state index in [1.807, 2.05) is 0 Å². The number of likely N-dealkylation sites (tertiary alicyclic amines) is 2. The predicted octanol–water partition coefficient (Wildman–Crippen LogP) is -1.80. The van der Waals surface area contributed by atoms with Crippen LogP contribution in [-0.4, -0.2) is 84.3 Å². The fourth-order valence-electron chi connectivity index (χ4n) is 4.29. The number of nitrogens with zero attached hydrogens (tertiary/aromatic N) is 7. The molecule has 154 valence electrons. The van der Waals surface area contributed by atoms with Crippen molar-refractivity contribution in [2.24, 2.45) is 11.3 Å². The van der Waals surface area contributed by atoms with E-state index in [4.69, 9.17) is 0 Å². The van der Waals surface area contributed by atoms with Gasteiger partial charge in [-0.1, -0.05) is 6.07 Å². The molecule has 2 aromatic rings. The van der Waals surface area contributed by atoms with Crippen LogP contribution in [-0.2, 0) is 22.7 Å². The van der Waals surface area contributed by atoms with E-state index in [0.717, 1.165) is 0 Å². The third-order valence-electron chi connectivity index (χ3n) is 5.91. The molecule has 2 amide bonds. The summed E-state index contributed by atoms with van der Waals surface area (Å²) >= 11 is 0. The summed E-state index contributed by atoms with van der Waals surface area (Å²) in [4.78, 5) is 41.6. The van der Waals surface area contributed by atoms with Gasteiger partial charge in [0.1, 0.15) is 6.54 Å². The van der Waals surface area contributed by atoms with Crippen molar-refractivity contribution >= 4 is 11.8 Å². The van der Waals surface area contributed by atoms with Gasteiger partial charge in [0.25, 0.3) is 5.56 Å². The Balaban J connectivity index is 1.35. The zero-order chi connectivity index (χ0) is 20.4. The monoisotopic (exact) mass is 401 g/mol. The molecule has 2 unspecified atom stereocenters. The molecule has 0 spiro atoms. The van der Waals surface area contributed by atoms with Crippen LogP contribution < -0.4 is 5.56 Å². The van der Waals surface area contributed by atoms with Crippen LogP contribution in [0.4, 0.5) is 0 Å². The number of pyridine rings is 1. The molecule has 2 aromatic heterocycles. The number of aliphatic hydroxyl groups excluding tert-OH is 1. The fourth-order valence-corrected chi connectivity index (χ4v) is 4.29. The number of amides is 2. The lowest BCUT2D eigenvalue weighted by atomic mass is 9.82. The van der Waals surface area contributed by atoms with E-state index in [1.54, 1.807) is 28.1 Å². The second-order valence-corrected chi connectivity index (χ2v) is 7.71. The molecule has 4 rings (SSSR count). The molecule has 0 aromatic carbocycles. The van der Waals surface area contributed by atoms with Crippen molar-refractivity contribution in [3.63, 3.8) is 0 Å². The number of aromatic nitrogens is 5. The standard InChI is InChI=1S/C18H23N7O4/c26-12-18-10-23(16(28)4-6-22-5-2-1-3-15(22)27)7-14(18)8-24(11-18)17(29)9-25-20-13-19-21-25/h1-3,5,13-14,26H,4,6-12H2. The first-order valence-electron chi connectivity index (χ1n) is 9.53. The van der Waals surface area contributed by atoms with Crippen LogP contribution >= 0.6 is 0 Å². The minimum atomic E-state index is -0.509. The Kier molecular flexibility index (Phi) is 5.14. The highest BCUT2D eigenvalue weighted by Crippen LogP contribution is 2.42. The van der Waals surface area contributed by atoms with Gasteiger partial charge in [-0.25, -0.2) is 0 Å². The van der Waals surface area contributed by atoms with Crippen molar-refractivity contribution in [3.8, 4) is 0 Å². The Morgan fingerprint density at radius 1 is 1.17 bits per heavy atom. The largest absolute Gasteiger partial charge is 0.396 e. The highest BCUT2D eigenvalue weighted by molar-refractivity contribution is 5.78. The number of tetrazole rings is 1. The molecule has 0 aliphatic carbocycles. The summed E-state index contributed by atoms with van der Waals surface area (Å²) in [5, 5.41) is 21.2. The van der Waals surface area contributed by atoms with Crippen LogP contribution in [0.25, 0.3) is 0 Å². The van der Waals surface area contributed by atoms with E-state index < -0.39 is 5.41 Å². The Bertz CT molecular complexity index is 944. The average Bonchev–Trinajstić information content (AvgIpc) is 3.41. The summed E-state index contributed by atoms with van der Waals surface area (Å²) in [5.41, 5.74) is -0.647. The lowest BCUT2D eigenvalue weighted by molar-refractivity contribution is -0.133. The van der Waals surface area contributed by atoms with E-state index in [9.17, 15) is 19.5 Å². The summed E-state index contributed by atoms with van der Waals surface area (Å²) in [7, 11) is 0. The first-order chi connectivity index (χ1) is 14.0. The van der Waals surface area contributed by atoms with Gasteiger partial charge in [0.2, 0.25) is 11.8 Å². The lowest BCUT2D eigenvalue weighted by Gasteiger charge is -2.27. The molecular weight excluding hydrogens is 378 g/mol. The summed E-state index contributed by atoms with van der Waals surface area (Å²) in [6.45, 7) is 2.01. The molecule has 2 fully saturated rings. The Morgan fingerprint density at radius 2 is 1.93 bits per heavy atom. The Morgan fingerprint density at radius 3 is 2.55 bits per heavy atom. The molecular formula is C18H23N7O4. The van der Waals surface area contributed by atoms with Crippen LogP contribution in [0.3, 0.4) is 0 Å². The summed E-state index contributed by atoms with van der Waals surface area (Å²) in [6, 6.07) is 4.89. The third-order valence-corrected chi connectivity index (χ3v) is 5.91. The molecule has 1 N–H and O–H groups in total. The molecule has 2 aliphatic rings. The summed E-state index contributed by atoms with van der Waals surface area (Å²) < 4.78 is 1.51. The molecule has 11 nitrogen and oxygen atoms in total. The first kappa shape index (κ1) is 19.2. The smallest absolute Gasteiger partial charge is 0.250 e. The minimum Gasteiger partial charge on any atom is -0.396 e. The molecule has 11 heteroatoms. The molecule has 4 heterocycles. The number of carbonyl (C=O) groups excluding carboxylic acids is 2. The van der Waals surface area contributed by atoms with Crippen molar-refractivity contribution in [3.05, 3.63) is 41.1 Å². The van der Waals surface area contributed by atoms with Crippen molar-refractivity contribution in [2.45, 2.75) is 19.5 Å². The number of fused-ring (bicyclic) bond motifs is 1. The zero-order valence-electron chi connectivity index (χ0n) is 15.9. The molecule has 0 radical (unpaired) electrons. The van der Waals surface area contributed by atoms with Gasteiger partial charge in [-0.15, -0.1) is 10.2 Å². The second-order valence-electron chi connectivity index (χ2n) is 7.71. The highest BCUT2D eigenvalue weighted by Gasteiger charge is 2.54. The summed E-state index contributed by atoms with van der Waals surface area (Å²) in [6.07, 6.45) is 3.16. The van der Waals surface area contributed by atoms with Crippen molar-refractivity contribution < 1.29 is 14.7 Å². The maximum Gasteiger partial charge on any atom is 0.250 e. The number of hydrogen-bond donors (Lipinski definition) is 1. The van der Waals surface area contributed by atoms with Crippen LogP contribution in [0.1, 0.15) is 6.42 Å². The first-order valence-corrected chi connectivity index (χ1v) is 9.53. The van der Waals surface area contributed by atoms with Gasteiger partial charge in [0, 0.05) is 62.7 Å². The zero-order valence-corrected chi connectivity index (χ0v) is 15.9. The van der Waals surface area contributed by atoms with Crippen LogP contribution in [0, 0.1) is 11.3 Å². The van der Waals surface area contributed by atoms with Crippen LogP contribution in [0.15, 0.2) is 35.5 Å². The van der Waals surface area contributed by atoms with Crippen molar-refractivity contribution in [2.75, 3.05) is 32.8 Å². The van der Waals surface area contributed by atoms with Gasteiger partial charge in [-0.2, -0.15) is 4.80 Å². The number of hydrogen-bond acceptors (Lipinski definition) is 7. The molecule has 2 aliphatic heterocycles. The van der Waals surface area contributed by atoms with Gasteiger partial charge in [-0.05, 0) is 11.3 Å². The SMILES string of the molecule is O=C(CCn1ccccc1=O)N1CC2CN(C(=O)Cn3ncnn3)CC2(CO)C1. The van der Waals surface area contributed by atoms with Crippen molar-refractivity contribution in [1.82, 2.24) is 34.6 Å². The second kappa shape index (κ2) is 7.74. The maximum atomic E-state index is 12.7. The quantitative estimate of drug-likeness (QED) is 0.605. The van der Waals surface area contributed by atoms with Crippen molar-refractivity contribution in [1.29, 1.82) is 0 Å².